The molecule has 2 heterocycles. The fraction of sp³-hybridized carbons (Fsp3) is 0.500. The summed E-state index contributed by atoms with van der Waals surface area (Å²) in [6.45, 7) is 9.17. The summed E-state index contributed by atoms with van der Waals surface area (Å²) < 4.78 is 0. The zero-order valence-electron chi connectivity index (χ0n) is 12.8. The molecule has 1 saturated heterocycles. The van der Waals surface area contributed by atoms with Crippen molar-refractivity contribution >= 4 is 16.8 Å². The van der Waals surface area contributed by atoms with Crippen molar-refractivity contribution in [3.05, 3.63) is 30.0 Å². The van der Waals surface area contributed by atoms with Crippen LogP contribution in [0, 0.1) is 0 Å². The van der Waals surface area contributed by atoms with Gasteiger partial charge in [0.25, 0.3) is 5.91 Å². The van der Waals surface area contributed by atoms with Gasteiger partial charge < -0.3 is 4.90 Å². The van der Waals surface area contributed by atoms with Crippen LogP contribution in [0.1, 0.15) is 31.3 Å². The third-order valence-corrected chi connectivity index (χ3v) is 4.46. The van der Waals surface area contributed by atoms with Gasteiger partial charge in [0.15, 0.2) is 5.69 Å². The lowest BCUT2D eigenvalue weighted by Gasteiger charge is -2.43. The summed E-state index contributed by atoms with van der Waals surface area (Å²) in [6.07, 6.45) is 0. The fourth-order valence-electron chi connectivity index (χ4n) is 3.18. The molecule has 21 heavy (non-hydrogen) atoms. The van der Waals surface area contributed by atoms with Gasteiger partial charge in [-0.25, -0.2) is 0 Å². The summed E-state index contributed by atoms with van der Waals surface area (Å²) in [6, 6.07) is 8.38. The Hall–Kier alpha value is -1.88. The molecule has 0 radical (unpaired) electrons. The first-order valence-electron chi connectivity index (χ1n) is 7.60. The molecule has 1 aromatic heterocycles. The molecule has 0 aliphatic carbocycles. The summed E-state index contributed by atoms with van der Waals surface area (Å²) in [5.41, 5.74) is 1.45. The zero-order valence-corrected chi connectivity index (χ0v) is 12.8. The second-order valence-corrected chi connectivity index (χ2v) is 5.86. The van der Waals surface area contributed by atoms with E-state index in [9.17, 15) is 4.79 Å². The van der Waals surface area contributed by atoms with Crippen molar-refractivity contribution in [3.63, 3.8) is 0 Å². The van der Waals surface area contributed by atoms with E-state index in [1.807, 2.05) is 29.2 Å². The van der Waals surface area contributed by atoms with Crippen LogP contribution in [0.4, 0.5) is 0 Å². The lowest BCUT2D eigenvalue weighted by atomic mass is 10.1. The van der Waals surface area contributed by atoms with Crippen LogP contribution >= 0.6 is 0 Å². The van der Waals surface area contributed by atoms with E-state index in [0.717, 1.165) is 30.5 Å². The van der Waals surface area contributed by atoms with Gasteiger partial charge in [-0.05, 0) is 26.5 Å². The van der Waals surface area contributed by atoms with E-state index < -0.39 is 0 Å². The molecule has 112 valence electrons. The number of benzene rings is 1. The van der Waals surface area contributed by atoms with Crippen LogP contribution < -0.4 is 0 Å². The minimum Gasteiger partial charge on any atom is -0.332 e. The van der Waals surface area contributed by atoms with Crippen LogP contribution in [-0.4, -0.2) is 57.6 Å². The number of nitrogens with one attached hydrogen (secondary N) is 1. The highest BCUT2D eigenvalue weighted by Gasteiger charge is 2.33. The van der Waals surface area contributed by atoms with Crippen molar-refractivity contribution < 1.29 is 4.79 Å². The molecular weight excluding hydrogens is 264 g/mol. The summed E-state index contributed by atoms with van der Waals surface area (Å²) in [5, 5.41) is 8.09. The maximum Gasteiger partial charge on any atom is 0.275 e. The lowest BCUT2D eigenvalue weighted by molar-refractivity contribution is 0.0332. The van der Waals surface area contributed by atoms with E-state index in [4.69, 9.17) is 0 Å². The first kappa shape index (κ1) is 14.1. The number of para-hydroxylation sites is 1. The average Bonchev–Trinajstić information content (AvgIpc) is 2.92. The molecule has 0 bridgehead atoms. The van der Waals surface area contributed by atoms with Gasteiger partial charge in [-0.1, -0.05) is 25.1 Å². The van der Waals surface area contributed by atoms with Crippen LogP contribution in [0.15, 0.2) is 24.3 Å². The minimum atomic E-state index is 0.0301. The molecule has 2 atom stereocenters. The number of aromatic nitrogens is 2. The Morgan fingerprint density at radius 1 is 1.29 bits per heavy atom. The molecular formula is C16H22N4O. The first-order valence-corrected chi connectivity index (χ1v) is 7.60. The fourth-order valence-corrected chi connectivity index (χ4v) is 3.18. The molecule has 5 nitrogen and oxygen atoms in total. The molecule has 0 spiro atoms. The van der Waals surface area contributed by atoms with Gasteiger partial charge in [0.1, 0.15) is 0 Å². The van der Waals surface area contributed by atoms with Crippen LogP contribution in [-0.2, 0) is 0 Å². The maximum absolute atomic E-state index is 12.9. The molecule has 1 amide bonds. The van der Waals surface area contributed by atoms with Crippen molar-refractivity contribution in [2.75, 3.05) is 19.6 Å². The number of amides is 1. The van der Waals surface area contributed by atoms with Crippen molar-refractivity contribution in [2.24, 2.45) is 0 Å². The highest BCUT2D eigenvalue weighted by atomic mass is 16.2. The number of likely N-dealkylation sites (N-methyl/N-ethyl adjacent to an activating group) is 1. The Bertz CT molecular complexity index is 651. The standard InChI is InChI=1S/C16H22N4O/c1-4-19-9-12(3)20(10-11(19)2)16(21)15-13-7-5-6-8-14(13)17-18-15/h5-8,11-12H,4,9-10H2,1-3H3,(H,17,18)/t11-,12-/m1/s1. The Morgan fingerprint density at radius 3 is 2.81 bits per heavy atom. The smallest absolute Gasteiger partial charge is 0.275 e. The molecule has 1 aliphatic rings. The molecule has 0 saturated carbocycles. The van der Waals surface area contributed by atoms with Gasteiger partial charge in [-0.15, -0.1) is 0 Å². The third-order valence-electron chi connectivity index (χ3n) is 4.46. The van der Waals surface area contributed by atoms with E-state index in [0.29, 0.717) is 11.7 Å². The number of aromatic amines is 1. The van der Waals surface area contributed by atoms with Crippen molar-refractivity contribution in [1.82, 2.24) is 20.0 Å². The normalized spacial score (nSPS) is 23.7. The monoisotopic (exact) mass is 286 g/mol. The Morgan fingerprint density at radius 2 is 2.05 bits per heavy atom. The van der Waals surface area contributed by atoms with Crippen molar-refractivity contribution in [3.8, 4) is 0 Å². The predicted octanol–water partition coefficient (Wildman–Crippen LogP) is 2.12. The van der Waals surface area contributed by atoms with Gasteiger partial charge in [0.05, 0.1) is 5.52 Å². The molecule has 1 aliphatic heterocycles. The Kier molecular flexibility index (Phi) is 3.68. The van der Waals surface area contributed by atoms with Crippen molar-refractivity contribution in [1.29, 1.82) is 0 Å². The van der Waals surface area contributed by atoms with Crippen molar-refractivity contribution in [2.45, 2.75) is 32.9 Å². The number of piperazine rings is 1. The largest absolute Gasteiger partial charge is 0.332 e. The third kappa shape index (κ3) is 2.42. The number of nitrogens with zero attached hydrogens (tertiary/aromatic N) is 3. The lowest BCUT2D eigenvalue weighted by Crippen LogP contribution is -2.57. The topological polar surface area (TPSA) is 52.2 Å². The van der Waals surface area contributed by atoms with E-state index in [2.05, 4.69) is 35.9 Å². The van der Waals surface area contributed by atoms with E-state index in [1.54, 1.807) is 0 Å². The molecule has 1 N–H and O–H groups in total. The predicted molar refractivity (Wildman–Crippen MR) is 83.3 cm³/mol. The molecule has 2 aromatic rings. The van der Waals surface area contributed by atoms with Crippen LogP contribution in [0.5, 0.6) is 0 Å². The van der Waals surface area contributed by atoms with Gasteiger partial charge in [0.2, 0.25) is 0 Å². The molecule has 1 fully saturated rings. The van der Waals surface area contributed by atoms with E-state index >= 15 is 0 Å². The average molecular weight is 286 g/mol. The summed E-state index contributed by atoms with van der Waals surface area (Å²) in [7, 11) is 0. The Labute approximate surface area is 124 Å². The van der Waals surface area contributed by atoms with E-state index in [-0.39, 0.29) is 11.9 Å². The van der Waals surface area contributed by atoms with Crippen LogP contribution in [0.3, 0.4) is 0 Å². The molecule has 5 heteroatoms. The molecule has 0 unspecified atom stereocenters. The molecule has 3 rings (SSSR count). The number of carbonyl (C=O) groups is 1. The van der Waals surface area contributed by atoms with Gasteiger partial charge in [-0.3, -0.25) is 14.8 Å². The van der Waals surface area contributed by atoms with Gasteiger partial charge in [0, 0.05) is 30.6 Å². The van der Waals surface area contributed by atoms with E-state index in [1.165, 1.54) is 0 Å². The molecule has 1 aromatic carbocycles. The first-order chi connectivity index (χ1) is 10.1. The second-order valence-electron chi connectivity index (χ2n) is 5.86. The maximum atomic E-state index is 12.9. The number of hydrogen-bond donors (Lipinski definition) is 1. The number of rotatable bonds is 2. The number of H-pyrrole nitrogens is 1. The zero-order chi connectivity index (χ0) is 15.0. The van der Waals surface area contributed by atoms with Crippen LogP contribution in [0.2, 0.25) is 0 Å². The SMILES string of the molecule is CCN1C[C@@H](C)N(C(=O)c2n[nH]c3ccccc23)C[C@H]1C. The highest BCUT2D eigenvalue weighted by Crippen LogP contribution is 2.21. The highest BCUT2D eigenvalue weighted by molar-refractivity contribution is 6.04. The second kappa shape index (κ2) is 5.48. The van der Waals surface area contributed by atoms with Crippen LogP contribution in [0.25, 0.3) is 10.9 Å². The summed E-state index contributed by atoms with van der Waals surface area (Å²) >= 11 is 0. The summed E-state index contributed by atoms with van der Waals surface area (Å²) in [4.78, 5) is 17.2. The number of fused-ring (bicyclic) bond motifs is 1. The van der Waals surface area contributed by atoms with Gasteiger partial charge >= 0.3 is 0 Å². The summed E-state index contributed by atoms with van der Waals surface area (Å²) in [5.74, 6) is 0.0301. The Balaban J connectivity index is 1.88. The number of hydrogen-bond acceptors (Lipinski definition) is 3. The van der Waals surface area contributed by atoms with Gasteiger partial charge in [-0.2, -0.15) is 5.10 Å². The minimum absolute atomic E-state index is 0.0301. The quantitative estimate of drug-likeness (QED) is 0.920. The number of carbonyl (C=O) groups excluding carboxylic acids is 1.